The Kier molecular flexibility index (Phi) is 4.83. The third-order valence-electron chi connectivity index (χ3n) is 1.02. The van der Waals surface area contributed by atoms with E-state index >= 15 is 0 Å². The van der Waals surface area contributed by atoms with Crippen molar-refractivity contribution in [2.24, 2.45) is 0 Å². The molecule has 64 valence electrons. The van der Waals surface area contributed by atoms with Crippen LogP contribution in [0.25, 0.3) is 0 Å². The molecule has 0 aromatic carbocycles. The molecule has 0 amide bonds. The van der Waals surface area contributed by atoms with Gasteiger partial charge in [-0.1, -0.05) is 0 Å². The van der Waals surface area contributed by atoms with Crippen molar-refractivity contribution >= 4 is 8.03 Å². The van der Waals surface area contributed by atoms with Crippen LogP contribution < -0.4 is 0 Å². The maximum Gasteiger partial charge on any atom is 0.502 e. The highest BCUT2D eigenvalue weighted by Crippen LogP contribution is 1.99. The summed E-state index contributed by atoms with van der Waals surface area (Å²) in [6.07, 6.45) is 4.11. The van der Waals surface area contributed by atoms with Crippen LogP contribution in [0.15, 0.2) is 12.4 Å². The molecule has 0 aliphatic carbocycles. The first-order chi connectivity index (χ1) is 5.02. The Bertz CT molecular complexity index is 147. The maximum absolute atomic E-state index is 9.15. The normalized spacial score (nSPS) is 16.2. The van der Waals surface area contributed by atoms with Crippen molar-refractivity contribution in [1.82, 2.24) is 9.80 Å². The summed E-state index contributed by atoms with van der Waals surface area (Å²) in [5, 5.41) is 0. The van der Waals surface area contributed by atoms with E-state index in [0.717, 1.165) is 6.67 Å². The summed E-state index contributed by atoms with van der Waals surface area (Å²) in [4.78, 5) is 11.8. The van der Waals surface area contributed by atoms with Crippen molar-refractivity contribution in [2.75, 3.05) is 27.4 Å². The first kappa shape index (κ1) is 10.4. The van der Waals surface area contributed by atoms with Crippen molar-refractivity contribution in [3.63, 3.8) is 0 Å². The van der Waals surface area contributed by atoms with E-state index in [1.165, 1.54) is 6.66 Å². The molecule has 1 unspecified atom stereocenters. The molecule has 0 saturated carbocycles. The van der Waals surface area contributed by atoms with E-state index in [1.807, 2.05) is 0 Å². The molecule has 1 atom stereocenters. The van der Waals surface area contributed by atoms with Crippen LogP contribution in [-0.4, -0.2) is 42.1 Å². The Morgan fingerprint density at radius 2 is 1.64 bits per heavy atom. The molecule has 4 nitrogen and oxygen atoms in total. The van der Waals surface area contributed by atoms with Gasteiger partial charge in [-0.2, -0.15) is 4.89 Å². The summed E-state index contributed by atoms with van der Waals surface area (Å²) in [6.45, 7) is 2.26. The van der Waals surface area contributed by atoms with Crippen LogP contribution in [-0.2, 0) is 4.57 Å². The third kappa shape index (κ3) is 7.30. The summed E-state index contributed by atoms with van der Waals surface area (Å²) < 4.78 is 9.15. The molecule has 0 fully saturated rings. The van der Waals surface area contributed by atoms with Gasteiger partial charge >= 0.3 is 8.03 Å². The van der Waals surface area contributed by atoms with Gasteiger partial charge in [0, 0.05) is 26.5 Å². The minimum absolute atomic E-state index is 1.03. The van der Waals surface area contributed by atoms with E-state index in [0.29, 0.717) is 0 Å². The molecule has 0 bridgehead atoms. The van der Waals surface area contributed by atoms with E-state index in [1.54, 1.807) is 0 Å². The number of nitrogens with zero attached hydrogens (tertiary/aromatic N) is 2. The van der Waals surface area contributed by atoms with Gasteiger partial charge in [-0.15, -0.1) is 0 Å². The summed E-state index contributed by atoms with van der Waals surface area (Å²) in [6, 6.07) is 0. The molecule has 0 aromatic heterocycles. The van der Waals surface area contributed by atoms with Crippen LogP contribution in [0.4, 0.5) is 0 Å². The highest BCUT2D eigenvalue weighted by molar-refractivity contribution is 7.36. The summed E-state index contributed by atoms with van der Waals surface area (Å²) in [5.74, 6) is 0. The largest absolute Gasteiger partial charge is 0.502 e. The van der Waals surface area contributed by atoms with Gasteiger partial charge in [0.2, 0.25) is 0 Å². The molecule has 11 heavy (non-hydrogen) atoms. The van der Waals surface area contributed by atoms with Gasteiger partial charge in [-0.3, -0.25) is 0 Å². The fourth-order valence-electron chi connectivity index (χ4n) is 0.674. The summed E-state index contributed by atoms with van der Waals surface area (Å²) in [7, 11) is 2.24. The average molecular weight is 177 g/mol. The molecule has 0 radical (unpaired) electrons. The van der Waals surface area contributed by atoms with Crippen LogP contribution in [0.1, 0.15) is 0 Å². The van der Waals surface area contributed by atoms with Crippen molar-refractivity contribution in [2.45, 2.75) is 0 Å². The van der Waals surface area contributed by atoms with E-state index in [2.05, 4.69) is 36.3 Å². The lowest BCUT2D eigenvalue weighted by molar-refractivity contribution is 0.340. The number of hydrogen-bond donors (Lipinski definition) is 1. The molecule has 0 aromatic rings. The van der Waals surface area contributed by atoms with Crippen LogP contribution in [0.2, 0.25) is 0 Å². The molecule has 5 heteroatoms. The van der Waals surface area contributed by atoms with Crippen molar-refractivity contribution in [3.05, 3.63) is 12.4 Å². The lowest BCUT2D eigenvalue weighted by atomic mass is 10.9. The van der Waals surface area contributed by atoms with E-state index < -0.39 is 8.03 Å². The van der Waals surface area contributed by atoms with Crippen molar-refractivity contribution < 1.29 is 9.46 Å². The lowest BCUT2D eigenvalue weighted by Gasteiger charge is -2.10. The summed E-state index contributed by atoms with van der Waals surface area (Å²) >= 11 is 0. The molecular formula is C6H14N2O2P+. The number of hydrogen-bond acceptors (Lipinski definition) is 3. The Balaban J connectivity index is 0.000000218. The predicted octanol–water partition coefficient (Wildman–Crippen LogP) is 0.643. The van der Waals surface area contributed by atoms with Gasteiger partial charge in [0.25, 0.3) is 0 Å². The second kappa shape index (κ2) is 5.10. The number of rotatable bonds is 0. The highest BCUT2D eigenvalue weighted by atomic mass is 31.1. The van der Waals surface area contributed by atoms with Crippen molar-refractivity contribution in [1.29, 1.82) is 0 Å². The van der Waals surface area contributed by atoms with Crippen LogP contribution in [0.5, 0.6) is 0 Å². The molecule has 1 N–H and O–H groups in total. The fourth-order valence-corrected chi connectivity index (χ4v) is 0.674. The second-order valence-electron chi connectivity index (χ2n) is 2.42. The summed E-state index contributed by atoms with van der Waals surface area (Å²) in [5.41, 5.74) is 0. The van der Waals surface area contributed by atoms with Crippen molar-refractivity contribution in [3.8, 4) is 0 Å². The van der Waals surface area contributed by atoms with Crippen LogP contribution >= 0.6 is 8.03 Å². The molecular weight excluding hydrogens is 163 g/mol. The smallest absolute Gasteiger partial charge is 0.362 e. The fraction of sp³-hybridized carbons (Fsp3) is 0.667. The Morgan fingerprint density at radius 3 is 1.73 bits per heavy atom. The van der Waals surface area contributed by atoms with E-state index in [9.17, 15) is 0 Å². The second-order valence-corrected chi connectivity index (χ2v) is 3.35. The predicted molar refractivity (Wildman–Crippen MR) is 45.3 cm³/mol. The molecule has 0 saturated heterocycles. The van der Waals surface area contributed by atoms with Gasteiger partial charge < -0.3 is 9.80 Å². The monoisotopic (exact) mass is 177 g/mol. The van der Waals surface area contributed by atoms with Gasteiger partial charge in [0.05, 0.1) is 6.67 Å². The Morgan fingerprint density at radius 1 is 1.36 bits per heavy atom. The third-order valence-corrected chi connectivity index (χ3v) is 1.02. The Labute approximate surface area is 68.0 Å². The zero-order valence-corrected chi connectivity index (χ0v) is 7.95. The molecule has 0 spiro atoms. The average Bonchev–Trinajstić information content (AvgIpc) is 2.13. The van der Waals surface area contributed by atoms with Crippen LogP contribution in [0, 0.1) is 0 Å². The van der Waals surface area contributed by atoms with Gasteiger partial charge in [0.1, 0.15) is 0 Å². The topological polar surface area (TPSA) is 43.8 Å². The molecule has 1 heterocycles. The minimum atomic E-state index is -1.87. The SMILES string of the molecule is CN1C=CN(C)C1.C[P+](=O)O. The Hall–Kier alpha value is -0.600. The first-order valence-corrected chi connectivity index (χ1v) is 4.87. The molecule has 1 rings (SSSR count). The molecule has 1 aliphatic heterocycles. The zero-order valence-electron chi connectivity index (χ0n) is 7.06. The van der Waals surface area contributed by atoms with E-state index in [4.69, 9.17) is 9.46 Å². The zero-order chi connectivity index (χ0) is 8.85. The highest BCUT2D eigenvalue weighted by Gasteiger charge is 1.99. The van der Waals surface area contributed by atoms with Gasteiger partial charge in [-0.25, -0.2) is 0 Å². The van der Waals surface area contributed by atoms with Crippen LogP contribution in [0.3, 0.4) is 0 Å². The maximum atomic E-state index is 9.15. The van der Waals surface area contributed by atoms with E-state index in [-0.39, 0.29) is 0 Å². The standard InChI is InChI=1S/C5H10N2.CH3O2P/c1-6-3-4-7(2)5-6;1-4(2)3/h3-4H,5H2,1-2H3;1H3/p+1. The first-order valence-electron chi connectivity index (χ1n) is 3.21. The quantitative estimate of drug-likeness (QED) is 0.551. The van der Waals surface area contributed by atoms with Gasteiger partial charge in [0.15, 0.2) is 6.66 Å². The minimum Gasteiger partial charge on any atom is -0.362 e. The van der Waals surface area contributed by atoms with Gasteiger partial charge in [-0.05, 0) is 4.57 Å². The lowest BCUT2D eigenvalue weighted by Crippen LogP contribution is -2.17. The molecule has 1 aliphatic rings.